The van der Waals surface area contributed by atoms with Gasteiger partial charge in [0.05, 0.1) is 5.54 Å². The Kier molecular flexibility index (Phi) is 3.97. The predicted octanol–water partition coefficient (Wildman–Crippen LogP) is 2.10. The normalized spacial score (nSPS) is 18.3. The van der Waals surface area contributed by atoms with Crippen molar-refractivity contribution in [3.63, 3.8) is 0 Å². The zero-order chi connectivity index (χ0) is 13.0. The third kappa shape index (κ3) is 2.88. The molecule has 0 aromatic heterocycles. The van der Waals surface area contributed by atoms with E-state index in [1.165, 1.54) is 6.07 Å². The van der Waals surface area contributed by atoms with Gasteiger partial charge in [0, 0.05) is 12.1 Å². The summed E-state index contributed by atoms with van der Waals surface area (Å²) in [6.07, 6.45) is 4.55. The Hall–Kier alpha value is -1.42. The number of hydrogen-bond acceptors (Lipinski definition) is 2. The van der Waals surface area contributed by atoms with Gasteiger partial charge in [-0.2, -0.15) is 0 Å². The molecule has 0 bridgehead atoms. The van der Waals surface area contributed by atoms with E-state index in [-0.39, 0.29) is 18.3 Å². The van der Waals surface area contributed by atoms with Crippen LogP contribution in [-0.2, 0) is 11.3 Å². The fraction of sp³-hybridized carbons (Fsp3) is 0.500. The van der Waals surface area contributed by atoms with E-state index < -0.39 is 5.54 Å². The maximum atomic E-state index is 13.4. The number of halogens is 1. The highest BCUT2D eigenvalue weighted by Gasteiger charge is 2.34. The Morgan fingerprint density at radius 1 is 1.28 bits per heavy atom. The van der Waals surface area contributed by atoms with Crippen molar-refractivity contribution < 1.29 is 9.18 Å². The molecule has 4 heteroatoms. The molecule has 0 spiro atoms. The van der Waals surface area contributed by atoms with E-state index in [0.29, 0.717) is 5.56 Å². The van der Waals surface area contributed by atoms with Gasteiger partial charge in [-0.05, 0) is 18.9 Å². The third-order valence-electron chi connectivity index (χ3n) is 3.60. The number of carbonyl (C=O) groups excluding carboxylic acids is 1. The zero-order valence-electron chi connectivity index (χ0n) is 10.4. The summed E-state index contributed by atoms with van der Waals surface area (Å²) in [5, 5.41) is 2.75. The molecule has 1 aromatic carbocycles. The lowest BCUT2D eigenvalue weighted by atomic mass is 9.82. The van der Waals surface area contributed by atoms with Gasteiger partial charge >= 0.3 is 0 Å². The smallest absolute Gasteiger partial charge is 0.240 e. The molecule has 0 saturated heterocycles. The summed E-state index contributed by atoms with van der Waals surface area (Å²) < 4.78 is 13.4. The van der Waals surface area contributed by atoms with Crippen molar-refractivity contribution in [2.24, 2.45) is 5.73 Å². The number of rotatable bonds is 3. The first kappa shape index (κ1) is 13.0. The summed E-state index contributed by atoms with van der Waals surface area (Å²) >= 11 is 0. The number of benzene rings is 1. The van der Waals surface area contributed by atoms with E-state index in [1.807, 2.05) is 0 Å². The summed E-state index contributed by atoms with van der Waals surface area (Å²) in [5.41, 5.74) is 5.83. The van der Waals surface area contributed by atoms with Crippen LogP contribution in [0.1, 0.15) is 37.7 Å². The second-order valence-corrected chi connectivity index (χ2v) is 4.99. The van der Waals surface area contributed by atoms with E-state index >= 15 is 0 Å². The SMILES string of the molecule is NC1(C(=O)NCc2ccccc2F)CCCCC1. The predicted molar refractivity (Wildman–Crippen MR) is 68.3 cm³/mol. The van der Waals surface area contributed by atoms with Gasteiger partial charge in [-0.15, -0.1) is 0 Å². The molecule has 3 N–H and O–H groups in total. The molecule has 1 fully saturated rings. The number of amides is 1. The van der Waals surface area contributed by atoms with Gasteiger partial charge in [0.15, 0.2) is 0 Å². The van der Waals surface area contributed by atoms with Crippen molar-refractivity contribution in [2.75, 3.05) is 0 Å². The van der Waals surface area contributed by atoms with Crippen molar-refractivity contribution in [1.29, 1.82) is 0 Å². The molecule has 98 valence electrons. The molecular formula is C14H19FN2O. The first-order chi connectivity index (χ1) is 8.62. The summed E-state index contributed by atoms with van der Waals surface area (Å²) in [6.45, 7) is 0.199. The second-order valence-electron chi connectivity index (χ2n) is 4.99. The molecule has 1 aliphatic carbocycles. The molecule has 1 saturated carbocycles. The molecule has 0 radical (unpaired) electrons. The highest BCUT2D eigenvalue weighted by atomic mass is 19.1. The van der Waals surface area contributed by atoms with Crippen molar-refractivity contribution >= 4 is 5.91 Å². The standard InChI is InChI=1S/C14H19FN2O/c15-12-7-3-2-6-11(12)10-17-13(18)14(16)8-4-1-5-9-14/h2-3,6-7H,1,4-5,8-10,16H2,(H,17,18). The summed E-state index contributed by atoms with van der Waals surface area (Å²) in [6, 6.07) is 6.44. The summed E-state index contributed by atoms with van der Waals surface area (Å²) in [7, 11) is 0. The first-order valence-electron chi connectivity index (χ1n) is 6.42. The molecule has 0 atom stereocenters. The van der Waals surface area contributed by atoms with Crippen molar-refractivity contribution in [2.45, 2.75) is 44.2 Å². The van der Waals surface area contributed by atoms with E-state index in [1.54, 1.807) is 18.2 Å². The topological polar surface area (TPSA) is 55.1 Å². The molecule has 1 aromatic rings. The lowest BCUT2D eigenvalue weighted by Gasteiger charge is -2.31. The van der Waals surface area contributed by atoms with Gasteiger partial charge in [-0.1, -0.05) is 37.5 Å². The van der Waals surface area contributed by atoms with Crippen LogP contribution >= 0.6 is 0 Å². The van der Waals surface area contributed by atoms with Gasteiger partial charge < -0.3 is 11.1 Å². The lowest BCUT2D eigenvalue weighted by Crippen LogP contribution is -2.54. The second kappa shape index (κ2) is 5.48. The van der Waals surface area contributed by atoms with E-state index in [2.05, 4.69) is 5.32 Å². The van der Waals surface area contributed by atoms with Crippen LogP contribution in [0.3, 0.4) is 0 Å². The summed E-state index contributed by atoms with van der Waals surface area (Å²) in [5.74, 6) is -0.460. The minimum absolute atomic E-state index is 0.162. The van der Waals surface area contributed by atoms with Crippen LogP contribution in [0, 0.1) is 5.82 Å². The lowest BCUT2D eigenvalue weighted by molar-refractivity contribution is -0.127. The monoisotopic (exact) mass is 250 g/mol. The maximum absolute atomic E-state index is 13.4. The molecule has 1 aliphatic rings. The fourth-order valence-electron chi connectivity index (χ4n) is 2.40. The fourth-order valence-corrected chi connectivity index (χ4v) is 2.40. The highest BCUT2D eigenvalue weighted by molar-refractivity contribution is 5.86. The molecule has 1 amide bonds. The van der Waals surface area contributed by atoms with Crippen LogP contribution in [0.15, 0.2) is 24.3 Å². The van der Waals surface area contributed by atoms with Crippen LogP contribution in [0.2, 0.25) is 0 Å². The Bertz CT molecular complexity index is 428. The average Bonchev–Trinajstić information content (AvgIpc) is 2.38. The van der Waals surface area contributed by atoms with Crippen LogP contribution in [0.5, 0.6) is 0 Å². The molecule has 0 heterocycles. The number of nitrogens with two attached hydrogens (primary N) is 1. The quantitative estimate of drug-likeness (QED) is 0.863. The highest BCUT2D eigenvalue weighted by Crippen LogP contribution is 2.26. The van der Waals surface area contributed by atoms with Gasteiger partial charge in [0.25, 0.3) is 0 Å². The molecule has 3 nitrogen and oxygen atoms in total. The van der Waals surface area contributed by atoms with Gasteiger partial charge in [0.2, 0.25) is 5.91 Å². The Morgan fingerprint density at radius 3 is 2.61 bits per heavy atom. The number of hydrogen-bond donors (Lipinski definition) is 2. The van der Waals surface area contributed by atoms with Crippen LogP contribution in [0.25, 0.3) is 0 Å². The summed E-state index contributed by atoms with van der Waals surface area (Å²) in [4.78, 5) is 12.0. The van der Waals surface area contributed by atoms with E-state index in [9.17, 15) is 9.18 Å². The number of carbonyl (C=O) groups is 1. The zero-order valence-corrected chi connectivity index (χ0v) is 10.4. The molecule has 18 heavy (non-hydrogen) atoms. The van der Waals surface area contributed by atoms with Crippen LogP contribution < -0.4 is 11.1 Å². The number of nitrogens with one attached hydrogen (secondary N) is 1. The van der Waals surface area contributed by atoms with Gasteiger partial charge in [0.1, 0.15) is 5.82 Å². The molecule has 0 unspecified atom stereocenters. The molecule has 2 rings (SSSR count). The Labute approximate surface area is 107 Å². The van der Waals surface area contributed by atoms with Gasteiger partial charge in [-0.3, -0.25) is 4.79 Å². The van der Waals surface area contributed by atoms with Crippen LogP contribution in [0.4, 0.5) is 4.39 Å². The van der Waals surface area contributed by atoms with Crippen molar-refractivity contribution in [3.05, 3.63) is 35.6 Å². The van der Waals surface area contributed by atoms with Crippen LogP contribution in [-0.4, -0.2) is 11.4 Å². The molecule has 0 aliphatic heterocycles. The Morgan fingerprint density at radius 2 is 1.94 bits per heavy atom. The minimum Gasteiger partial charge on any atom is -0.350 e. The largest absolute Gasteiger partial charge is 0.350 e. The molecular weight excluding hydrogens is 231 g/mol. The van der Waals surface area contributed by atoms with Gasteiger partial charge in [-0.25, -0.2) is 4.39 Å². The van der Waals surface area contributed by atoms with E-state index in [4.69, 9.17) is 5.73 Å². The average molecular weight is 250 g/mol. The Balaban J connectivity index is 1.94. The van der Waals surface area contributed by atoms with Crippen molar-refractivity contribution in [3.8, 4) is 0 Å². The van der Waals surface area contributed by atoms with Crippen molar-refractivity contribution in [1.82, 2.24) is 5.32 Å². The minimum atomic E-state index is -0.760. The third-order valence-corrected chi connectivity index (χ3v) is 3.60. The first-order valence-corrected chi connectivity index (χ1v) is 6.42. The maximum Gasteiger partial charge on any atom is 0.240 e. The van der Waals surface area contributed by atoms with E-state index in [0.717, 1.165) is 32.1 Å².